The summed E-state index contributed by atoms with van der Waals surface area (Å²) in [5.74, 6) is 2.23. The van der Waals surface area contributed by atoms with Crippen LogP contribution in [0.25, 0.3) is 0 Å². The van der Waals surface area contributed by atoms with Crippen LogP contribution in [0.3, 0.4) is 0 Å². The van der Waals surface area contributed by atoms with Crippen LogP contribution in [0.4, 0.5) is 0 Å². The fourth-order valence-electron chi connectivity index (χ4n) is 2.60. The summed E-state index contributed by atoms with van der Waals surface area (Å²) in [5, 5.41) is 4.55. The lowest BCUT2D eigenvalue weighted by Crippen LogP contribution is -2.28. The number of nitrogens with one attached hydrogen (secondary N) is 1. The molecule has 2 unspecified atom stereocenters. The lowest BCUT2D eigenvalue weighted by atomic mass is 10.2. The van der Waals surface area contributed by atoms with Crippen LogP contribution in [-0.4, -0.2) is 30.2 Å². The van der Waals surface area contributed by atoms with Gasteiger partial charge in [0.15, 0.2) is 0 Å². The van der Waals surface area contributed by atoms with Gasteiger partial charge >= 0.3 is 0 Å². The van der Waals surface area contributed by atoms with Crippen molar-refractivity contribution in [3.05, 3.63) is 30.3 Å². The SMILES string of the molecule is CCSC1CCC(NCCCOc2ccccc2)C1. The summed E-state index contributed by atoms with van der Waals surface area (Å²) < 4.78 is 5.69. The van der Waals surface area contributed by atoms with E-state index < -0.39 is 0 Å². The van der Waals surface area contributed by atoms with Crippen LogP contribution in [0.15, 0.2) is 30.3 Å². The van der Waals surface area contributed by atoms with Gasteiger partial charge in [0, 0.05) is 11.3 Å². The molecule has 0 heterocycles. The number of hydrogen-bond donors (Lipinski definition) is 1. The maximum absolute atomic E-state index is 5.69. The highest BCUT2D eigenvalue weighted by atomic mass is 32.2. The smallest absolute Gasteiger partial charge is 0.119 e. The third-order valence-electron chi connectivity index (χ3n) is 3.55. The molecule has 1 aliphatic carbocycles. The van der Waals surface area contributed by atoms with E-state index in [0.29, 0.717) is 0 Å². The third kappa shape index (κ3) is 5.45. The Balaban J connectivity index is 1.51. The lowest BCUT2D eigenvalue weighted by molar-refractivity contribution is 0.305. The summed E-state index contributed by atoms with van der Waals surface area (Å²) in [6.45, 7) is 4.13. The number of rotatable bonds is 8. The molecule has 1 aromatic rings. The van der Waals surface area contributed by atoms with E-state index in [0.717, 1.165) is 36.6 Å². The Morgan fingerprint density at radius 3 is 2.89 bits per heavy atom. The number of ether oxygens (including phenoxy) is 1. The van der Waals surface area contributed by atoms with Gasteiger partial charge < -0.3 is 10.1 Å². The molecule has 2 nitrogen and oxygen atoms in total. The van der Waals surface area contributed by atoms with Gasteiger partial charge in [0.1, 0.15) is 5.75 Å². The van der Waals surface area contributed by atoms with Crippen molar-refractivity contribution in [2.24, 2.45) is 0 Å². The molecule has 19 heavy (non-hydrogen) atoms. The molecule has 0 radical (unpaired) electrons. The Hall–Kier alpha value is -0.670. The van der Waals surface area contributed by atoms with Crippen molar-refractivity contribution in [1.29, 1.82) is 0 Å². The molecule has 1 fully saturated rings. The molecule has 0 saturated heterocycles. The first-order valence-electron chi connectivity index (χ1n) is 7.41. The van der Waals surface area contributed by atoms with E-state index in [1.165, 1.54) is 25.0 Å². The highest BCUT2D eigenvalue weighted by Gasteiger charge is 2.23. The predicted octanol–water partition coefficient (Wildman–Crippen LogP) is 3.72. The lowest BCUT2D eigenvalue weighted by Gasteiger charge is -2.13. The monoisotopic (exact) mass is 279 g/mol. The molecular formula is C16H25NOS. The molecule has 1 aromatic carbocycles. The molecule has 1 aliphatic rings. The summed E-state index contributed by atoms with van der Waals surface area (Å²) in [6, 6.07) is 10.8. The molecule has 0 aromatic heterocycles. The molecule has 0 amide bonds. The van der Waals surface area contributed by atoms with Gasteiger partial charge in [-0.25, -0.2) is 0 Å². The van der Waals surface area contributed by atoms with E-state index >= 15 is 0 Å². The van der Waals surface area contributed by atoms with Gasteiger partial charge in [0.25, 0.3) is 0 Å². The van der Waals surface area contributed by atoms with Crippen LogP contribution >= 0.6 is 11.8 Å². The molecule has 106 valence electrons. The number of para-hydroxylation sites is 1. The summed E-state index contributed by atoms with van der Waals surface area (Å²) in [5.41, 5.74) is 0. The van der Waals surface area contributed by atoms with Crippen molar-refractivity contribution in [1.82, 2.24) is 5.32 Å². The highest BCUT2D eigenvalue weighted by molar-refractivity contribution is 7.99. The van der Waals surface area contributed by atoms with E-state index in [4.69, 9.17) is 4.74 Å². The van der Waals surface area contributed by atoms with Gasteiger partial charge in [-0.3, -0.25) is 0 Å². The molecule has 0 spiro atoms. The van der Waals surface area contributed by atoms with Crippen molar-refractivity contribution in [3.8, 4) is 5.75 Å². The first kappa shape index (κ1) is 14.7. The summed E-state index contributed by atoms with van der Waals surface area (Å²) in [6.07, 6.45) is 5.16. The Labute approximate surface area is 121 Å². The topological polar surface area (TPSA) is 21.3 Å². The van der Waals surface area contributed by atoms with Crippen molar-refractivity contribution >= 4 is 11.8 Å². The van der Waals surface area contributed by atoms with Crippen LogP contribution in [-0.2, 0) is 0 Å². The molecule has 1 N–H and O–H groups in total. The summed E-state index contributed by atoms with van der Waals surface area (Å²) >= 11 is 2.12. The fourth-order valence-corrected chi connectivity index (χ4v) is 3.74. The van der Waals surface area contributed by atoms with E-state index in [-0.39, 0.29) is 0 Å². The minimum Gasteiger partial charge on any atom is -0.494 e. The molecule has 0 bridgehead atoms. The van der Waals surface area contributed by atoms with Crippen LogP contribution in [0.5, 0.6) is 5.75 Å². The minimum atomic E-state index is 0.737. The summed E-state index contributed by atoms with van der Waals surface area (Å²) in [7, 11) is 0. The number of benzene rings is 1. The number of thioether (sulfide) groups is 1. The Morgan fingerprint density at radius 2 is 2.11 bits per heavy atom. The van der Waals surface area contributed by atoms with Gasteiger partial charge in [-0.15, -0.1) is 0 Å². The third-order valence-corrected chi connectivity index (χ3v) is 4.79. The van der Waals surface area contributed by atoms with Gasteiger partial charge in [-0.2, -0.15) is 11.8 Å². The fraction of sp³-hybridized carbons (Fsp3) is 0.625. The maximum Gasteiger partial charge on any atom is 0.119 e. The van der Waals surface area contributed by atoms with Crippen molar-refractivity contribution in [3.63, 3.8) is 0 Å². The Kier molecular flexibility index (Phi) is 6.58. The van der Waals surface area contributed by atoms with E-state index in [2.05, 4.69) is 24.0 Å². The minimum absolute atomic E-state index is 0.737. The Morgan fingerprint density at radius 1 is 1.26 bits per heavy atom. The normalized spacial score (nSPS) is 22.6. The first-order valence-corrected chi connectivity index (χ1v) is 8.46. The average molecular weight is 279 g/mol. The van der Waals surface area contributed by atoms with Gasteiger partial charge in [-0.05, 0) is 50.1 Å². The second kappa shape index (κ2) is 8.49. The van der Waals surface area contributed by atoms with E-state index in [9.17, 15) is 0 Å². The molecule has 0 aliphatic heterocycles. The van der Waals surface area contributed by atoms with Crippen molar-refractivity contribution in [2.45, 2.75) is 43.9 Å². The second-order valence-electron chi connectivity index (χ2n) is 5.06. The van der Waals surface area contributed by atoms with Crippen LogP contribution in [0.1, 0.15) is 32.6 Å². The molecule has 2 atom stereocenters. The zero-order valence-corrected chi connectivity index (χ0v) is 12.6. The van der Waals surface area contributed by atoms with Gasteiger partial charge in [0.05, 0.1) is 6.61 Å². The summed E-state index contributed by atoms with van der Waals surface area (Å²) in [4.78, 5) is 0. The van der Waals surface area contributed by atoms with E-state index in [1.807, 2.05) is 30.3 Å². The molecule has 1 saturated carbocycles. The first-order chi connectivity index (χ1) is 9.38. The van der Waals surface area contributed by atoms with E-state index in [1.54, 1.807) is 0 Å². The van der Waals surface area contributed by atoms with Crippen LogP contribution in [0.2, 0.25) is 0 Å². The molecular weight excluding hydrogens is 254 g/mol. The largest absolute Gasteiger partial charge is 0.494 e. The average Bonchev–Trinajstić information content (AvgIpc) is 2.88. The standard InChI is InChI=1S/C16H25NOS/c1-2-19-16-10-9-14(13-16)17-11-6-12-18-15-7-4-3-5-8-15/h3-5,7-8,14,16-17H,2,6,9-13H2,1H3. The molecule has 3 heteroatoms. The zero-order valence-electron chi connectivity index (χ0n) is 11.8. The Bertz CT molecular complexity index is 344. The van der Waals surface area contributed by atoms with Crippen molar-refractivity contribution in [2.75, 3.05) is 18.9 Å². The van der Waals surface area contributed by atoms with Crippen LogP contribution < -0.4 is 10.1 Å². The van der Waals surface area contributed by atoms with Crippen LogP contribution in [0, 0.1) is 0 Å². The van der Waals surface area contributed by atoms with Gasteiger partial charge in [-0.1, -0.05) is 25.1 Å². The molecule has 2 rings (SSSR count). The quantitative estimate of drug-likeness (QED) is 0.733. The predicted molar refractivity (Wildman–Crippen MR) is 84.1 cm³/mol. The zero-order chi connectivity index (χ0) is 13.3. The van der Waals surface area contributed by atoms with Crippen molar-refractivity contribution < 1.29 is 4.74 Å². The van der Waals surface area contributed by atoms with Gasteiger partial charge in [0.2, 0.25) is 0 Å². The highest BCUT2D eigenvalue weighted by Crippen LogP contribution is 2.29. The number of hydrogen-bond acceptors (Lipinski definition) is 3. The maximum atomic E-state index is 5.69. The second-order valence-corrected chi connectivity index (χ2v) is 6.63.